The molecular formula is C17H25N. The van der Waals surface area contributed by atoms with Crippen molar-refractivity contribution < 1.29 is 0 Å². The molecule has 3 aliphatic carbocycles. The Labute approximate surface area is 111 Å². The molecule has 0 aliphatic heterocycles. The first-order valence-corrected chi connectivity index (χ1v) is 7.38. The summed E-state index contributed by atoms with van der Waals surface area (Å²) >= 11 is 0. The van der Waals surface area contributed by atoms with E-state index in [4.69, 9.17) is 0 Å². The maximum atomic E-state index is 3.52. The standard InChI is InChI=1S/C17H25N/c1-5-18-15-11-14-13(10-12(15)2)16(3)6-8-17(14,4)9-7-16/h10-11,18H,5-9H2,1-4H3. The predicted octanol–water partition coefficient (Wildman–Crippen LogP) is 4.53. The van der Waals surface area contributed by atoms with E-state index < -0.39 is 0 Å². The summed E-state index contributed by atoms with van der Waals surface area (Å²) in [5.41, 5.74) is 6.90. The van der Waals surface area contributed by atoms with E-state index in [0.29, 0.717) is 10.8 Å². The zero-order chi connectivity index (χ0) is 13.0. The second-order valence-corrected chi connectivity index (χ2v) is 6.86. The third-order valence-corrected chi connectivity index (χ3v) is 5.49. The van der Waals surface area contributed by atoms with Crippen LogP contribution >= 0.6 is 0 Å². The maximum absolute atomic E-state index is 3.52. The van der Waals surface area contributed by atoms with Gasteiger partial charge in [0.25, 0.3) is 0 Å². The smallest absolute Gasteiger partial charge is 0.0372 e. The summed E-state index contributed by atoms with van der Waals surface area (Å²) in [4.78, 5) is 0. The lowest BCUT2D eigenvalue weighted by atomic mass is 9.52. The van der Waals surface area contributed by atoms with Crippen LogP contribution in [0.15, 0.2) is 12.1 Å². The molecule has 0 spiro atoms. The van der Waals surface area contributed by atoms with Crippen LogP contribution in [0.1, 0.15) is 63.1 Å². The van der Waals surface area contributed by atoms with Crippen molar-refractivity contribution in [3.8, 4) is 0 Å². The number of hydrogen-bond acceptors (Lipinski definition) is 1. The Morgan fingerprint density at radius 1 is 1.00 bits per heavy atom. The van der Waals surface area contributed by atoms with Crippen molar-refractivity contribution in [2.24, 2.45) is 0 Å². The Bertz CT molecular complexity index is 479. The highest BCUT2D eigenvalue weighted by Gasteiger charge is 2.47. The van der Waals surface area contributed by atoms with E-state index in [1.54, 1.807) is 11.1 Å². The van der Waals surface area contributed by atoms with Gasteiger partial charge in [-0.25, -0.2) is 0 Å². The second-order valence-electron chi connectivity index (χ2n) is 6.86. The highest BCUT2D eigenvalue weighted by atomic mass is 14.9. The quantitative estimate of drug-likeness (QED) is 0.804. The van der Waals surface area contributed by atoms with Crippen LogP contribution in [-0.2, 0) is 10.8 Å². The largest absolute Gasteiger partial charge is 0.385 e. The van der Waals surface area contributed by atoms with Gasteiger partial charge in [0.15, 0.2) is 0 Å². The molecule has 2 bridgehead atoms. The summed E-state index contributed by atoms with van der Waals surface area (Å²) < 4.78 is 0. The summed E-state index contributed by atoms with van der Waals surface area (Å²) in [6.07, 6.45) is 5.48. The fraction of sp³-hybridized carbons (Fsp3) is 0.647. The molecule has 4 rings (SSSR count). The molecule has 1 nitrogen and oxygen atoms in total. The van der Waals surface area contributed by atoms with E-state index in [2.05, 4.69) is 45.1 Å². The van der Waals surface area contributed by atoms with Crippen LogP contribution in [0.3, 0.4) is 0 Å². The highest BCUT2D eigenvalue weighted by Crippen LogP contribution is 2.56. The molecule has 1 fully saturated rings. The number of benzene rings is 1. The van der Waals surface area contributed by atoms with Gasteiger partial charge in [0.2, 0.25) is 0 Å². The molecule has 3 aliphatic rings. The average molecular weight is 243 g/mol. The Balaban J connectivity index is 2.18. The third kappa shape index (κ3) is 1.52. The number of nitrogens with one attached hydrogen (secondary N) is 1. The first-order valence-electron chi connectivity index (χ1n) is 7.38. The molecular weight excluding hydrogens is 218 g/mol. The lowest BCUT2D eigenvalue weighted by molar-refractivity contribution is 0.188. The molecule has 0 atom stereocenters. The SMILES string of the molecule is CCNc1cc2c(cc1C)C1(C)CCC2(C)CC1. The lowest BCUT2D eigenvalue weighted by Crippen LogP contribution is -2.44. The van der Waals surface area contributed by atoms with Gasteiger partial charge < -0.3 is 5.32 Å². The predicted molar refractivity (Wildman–Crippen MR) is 78.5 cm³/mol. The fourth-order valence-electron chi connectivity index (χ4n) is 3.98. The van der Waals surface area contributed by atoms with Gasteiger partial charge in [-0.1, -0.05) is 19.9 Å². The third-order valence-electron chi connectivity index (χ3n) is 5.49. The van der Waals surface area contributed by atoms with Gasteiger partial charge in [-0.15, -0.1) is 0 Å². The van der Waals surface area contributed by atoms with E-state index >= 15 is 0 Å². The first kappa shape index (κ1) is 12.1. The molecule has 1 aromatic carbocycles. The monoisotopic (exact) mass is 243 g/mol. The summed E-state index contributed by atoms with van der Waals surface area (Å²) in [6.45, 7) is 10.4. The maximum Gasteiger partial charge on any atom is 0.0372 e. The van der Waals surface area contributed by atoms with Crippen LogP contribution in [0.5, 0.6) is 0 Å². The second kappa shape index (κ2) is 3.76. The molecule has 1 heteroatoms. The van der Waals surface area contributed by atoms with Crippen molar-refractivity contribution in [1.29, 1.82) is 0 Å². The average Bonchev–Trinajstić information content (AvgIpc) is 2.34. The van der Waals surface area contributed by atoms with Crippen LogP contribution in [0.25, 0.3) is 0 Å². The summed E-state index contributed by atoms with van der Waals surface area (Å²) in [5, 5.41) is 3.52. The number of aryl methyl sites for hydroxylation is 1. The lowest BCUT2D eigenvalue weighted by Gasteiger charge is -2.52. The zero-order valence-electron chi connectivity index (χ0n) is 12.2. The molecule has 1 saturated carbocycles. The number of fused-ring (bicyclic) bond motifs is 2. The highest BCUT2D eigenvalue weighted by molar-refractivity contribution is 5.60. The molecule has 0 radical (unpaired) electrons. The molecule has 0 unspecified atom stereocenters. The molecule has 1 aromatic rings. The topological polar surface area (TPSA) is 12.0 Å². The summed E-state index contributed by atoms with van der Waals surface area (Å²) in [7, 11) is 0. The van der Waals surface area contributed by atoms with Crippen molar-refractivity contribution in [2.45, 2.75) is 64.2 Å². The Morgan fingerprint density at radius 3 is 2.00 bits per heavy atom. The van der Waals surface area contributed by atoms with E-state index in [0.717, 1.165) is 6.54 Å². The van der Waals surface area contributed by atoms with Gasteiger partial charge in [-0.05, 0) is 73.1 Å². The Morgan fingerprint density at radius 2 is 1.50 bits per heavy atom. The molecule has 1 N–H and O–H groups in total. The van der Waals surface area contributed by atoms with Gasteiger partial charge in [-0.3, -0.25) is 0 Å². The number of hydrogen-bond donors (Lipinski definition) is 1. The molecule has 18 heavy (non-hydrogen) atoms. The van der Waals surface area contributed by atoms with Gasteiger partial charge in [0.05, 0.1) is 0 Å². The van der Waals surface area contributed by atoms with E-state index in [1.165, 1.54) is 36.9 Å². The van der Waals surface area contributed by atoms with Crippen molar-refractivity contribution in [3.63, 3.8) is 0 Å². The number of anilines is 1. The fourth-order valence-corrected chi connectivity index (χ4v) is 3.98. The van der Waals surface area contributed by atoms with Gasteiger partial charge in [0, 0.05) is 12.2 Å². The van der Waals surface area contributed by atoms with Crippen LogP contribution in [0.2, 0.25) is 0 Å². The molecule has 0 aromatic heterocycles. The molecule has 0 heterocycles. The van der Waals surface area contributed by atoms with Gasteiger partial charge in [0.1, 0.15) is 0 Å². The Hall–Kier alpha value is -0.980. The van der Waals surface area contributed by atoms with Crippen molar-refractivity contribution in [2.75, 3.05) is 11.9 Å². The van der Waals surface area contributed by atoms with Crippen molar-refractivity contribution in [1.82, 2.24) is 0 Å². The number of rotatable bonds is 2. The van der Waals surface area contributed by atoms with Crippen LogP contribution in [-0.4, -0.2) is 6.54 Å². The van der Waals surface area contributed by atoms with Crippen molar-refractivity contribution >= 4 is 5.69 Å². The molecule has 98 valence electrons. The molecule has 0 amide bonds. The summed E-state index contributed by atoms with van der Waals surface area (Å²) in [5.74, 6) is 0. The van der Waals surface area contributed by atoms with Crippen LogP contribution < -0.4 is 5.32 Å². The minimum atomic E-state index is 0.435. The van der Waals surface area contributed by atoms with E-state index in [1.807, 2.05) is 0 Å². The van der Waals surface area contributed by atoms with Gasteiger partial charge >= 0.3 is 0 Å². The minimum Gasteiger partial charge on any atom is -0.385 e. The minimum absolute atomic E-state index is 0.435. The molecule has 0 saturated heterocycles. The summed E-state index contributed by atoms with van der Waals surface area (Å²) in [6, 6.07) is 4.91. The Kier molecular flexibility index (Phi) is 2.52. The van der Waals surface area contributed by atoms with Crippen LogP contribution in [0, 0.1) is 6.92 Å². The normalized spacial score (nSPS) is 33.3. The van der Waals surface area contributed by atoms with Gasteiger partial charge in [-0.2, -0.15) is 0 Å². The van der Waals surface area contributed by atoms with E-state index in [9.17, 15) is 0 Å². The van der Waals surface area contributed by atoms with Crippen LogP contribution in [0.4, 0.5) is 5.69 Å². The zero-order valence-corrected chi connectivity index (χ0v) is 12.2. The first-order chi connectivity index (χ1) is 8.48. The van der Waals surface area contributed by atoms with E-state index in [-0.39, 0.29) is 0 Å². The van der Waals surface area contributed by atoms with Crippen molar-refractivity contribution in [3.05, 3.63) is 28.8 Å².